The summed E-state index contributed by atoms with van der Waals surface area (Å²) >= 11 is 12.0. The molecule has 1 aromatic rings. The highest BCUT2D eigenvalue weighted by Gasteiger charge is 2.43. The summed E-state index contributed by atoms with van der Waals surface area (Å²) in [5.74, 6) is 0.813. The highest BCUT2D eigenvalue weighted by molar-refractivity contribution is 6.37. The van der Waals surface area contributed by atoms with Gasteiger partial charge in [-0.25, -0.2) is 0 Å². The SMILES string of the molecule is CC(C)C1(O)CN(CCOc2c(Cl)cccc2Cl)C1. The van der Waals surface area contributed by atoms with Crippen LogP contribution in [0.2, 0.25) is 10.0 Å². The summed E-state index contributed by atoms with van der Waals surface area (Å²) in [6.45, 7) is 6.75. The lowest BCUT2D eigenvalue weighted by Gasteiger charge is -2.49. The van der Waals surface area contributed by atoms with Gasteiger partial charge in [0.25, 0.3) is 0 Å². The molecule has 0 atom stereocenters. The van der Waals surface area contributed by atoms with Crippen molar-refractivity contribution in [2.75, 3.05) is 26.2 Å². The Morgan fingerprint density at radius 2 is 1.89 bits per heavy atom. The molecule has 0 saturated carbocycles. The predicted molar refractivity (Wildman–Crippen MR) is 78.2 cm³/mol. The zero-order valence-corrected chi connectivity index (χ0v) is 12.7. The Hall–Kier alpha value is -0.480. The van der Waals surface area contributed by atoms with E-state index in [4.69, 9.17) is 27.9 Å². The Labute approximate surface area is 124 Å². The molecule has 1 saturated heterocycles. The van der Waals surface area contributed by atoms with E-state index in [1.807, 2.05) is 13.8 Å². The Morgan fingerprint density at radius 1 is 1.32 bits per heavy atom. The monoisotopic (exact) mass is 303 g/mol. The van der Waals surface area contributed by atoms with Gasteiger partial charge in [0.2, 0.25) is 0 Å². The largest absolute Gasteiger partial charge is 0.489 e. The number of β-amino-alcohol motifs (C(OH)–C–C–N with tert-alkyl or cyclic N) is 1. The van der Waals surface area contributed by atoms with E-state index >= 15 is 0 Å². The molecule has 0 amide bonds. The third kappa shape index (κ3) is 3.34. The summed E-state index contributed by atoms with van der Waals surface area (Å²) in [6.07, 6.45) is 0. The normalized spacial score (nSPS) is 18.4. The van der Waals surface area contributed by atoms with Gasteiger partial charge in [-0.15, -0.1) is 0 Å². The maximum absolute atomic E-state index is 10.1. The molecule has 3 nitrogen and oxygen atoms in total. The maximum Gasteiger partial charge on any atom is 0.156 e. The number of halogens is 2. The summed E-state index contributed by atoms with van der Waals surface area (Å²) in [5.41, 5.74) is -0.540. The number of nitrogens with zero attached hydrogens (tertiary/aromatic N) is 1. The van der Waals surface area contributed by atoms with E-state index in [9.17, 15) is 5.11 Å². The lowest BCUT2D eigenvalue weighted by atomic mass is 9.83. The highest BCUT2D eigenvalue weighted by Crippen LogP contribution is 2.32. The van der Waals surface area contributed by atoms with E-state index in [0.717, 1.165) is 6.54 Å². The molecule has 1 N–H and O–H groups in total. The molecule has 1 aliphatic heterocycles. The number of rotatable bonds is 5. The molecule has 1 fully saturated rings. The lowest BCUT2D eigenvalue weighted by molar-refractivity contribution is -0.129. The van der Waals surface area contributed by atoms with Crippen LogP contribution in [-0.2, 0) is 0 Å². The molecule has 106 valence electrons. The van der Waals surface area contributed by atoms with Gasteiger partial charge in [-0.3, -0.25) is 4.90 Å². The van der Waals surface area contributed by atoms with E-state index in [2.05, 4.69) is 4.90 Å². The fraction of sp³-hybridized carbons (Fsp3) is 0.571. The number of hydrogen-bond acceptors (Lipinski definition) is 3. The Morgan fingerprint density at radius 3 is 2.42 bits per heavy atom. The smallest absolute Gasteiger partial charge is 0.156 e. The first kappa shape index (κ1) is 14.9. The second kappa shape index (κ2) is 5.88. The number of para-hydroxylation sites is 1. The molecule has 0 radical (unpaired) electrons. The van der Waals surface area contributed by atoms with Crippen LogP contribution in [0.1, 0.15) is 13.8 Å². The van der Waals surface area contributed by atoms with Crippen LogP contribution in [0.25, 0.3) is 0 Å². The van der Waals surface area contributed by atoms with Crippen molar-refractivity contribution in [3.8, 4) is 5.75 Å². The van der Waals surface area contributed by atoms with Crippen molar-refractivity contribution in [2.45, 2.75) is 19.4 Å². The van der Waals surface area contributed by atoms with Crippen LogP contribution in [0.3, 0.4) is 0 Å². The van der Waals surface area contributed by atoms with Crippen LogP contribution in [-0.4, -0.2) is 41.8 Å². The van der Waals surface area contributed by atoms with Gasteiger partial charge in [-0.2, -0.15) is 0 Å². The van der Waals surface area contributed by atoms with Crippen LogP contribution in [0.4, 0.5) is 0 Å². The van der Waals surface area contributed by atoms with Crippen molar-refractivity contribution in [3.05, 3.63) is 28.2 Å². The quantitative estimate of drug-likeness (QED) is 0.907. The van der Waals surface area contributed by atoms with Gasteiger partial charge in [0.15, 0.2) is 5.75 Å². The van der Waals surface area contributed by atoms with Crippen LogP contribution in [0.5, 0.6) is 5.75 Å². The number of likely N-dealkylation sites (tertiary alicyclic amines) is 1. The third-order valence-corrected chi connectivity index (χ3v) is 4.24. The van der Waals surface area contributed by atoms with E-state index < -0.39 is 5.60 Å². The average Bonchev–Trinajstić information content (AvgIpc) is 2.29. The summed E-state index contributed by atoms with van der Waals surface area (Å²) in [4.78, 5) is 2.16. The van der Waals surface area contributed by atoms with Crippen molar-refractivity contribution in [2.24, 2.45) is 5.92 Å². The molecule has 1 aromatic carbocycles. The molecule has 5 heteroatoms. The molecule has 0 aliphatic carbocycles. The Bertz CT molecular complexity index is 425. The molecule has 19 heavy (non-hydrogen) atoms. The average molecular weight is 304 g/mol. The number of ether oxygens (including phenoxy) is 1. The van der Waals surface area contributed by atoms with Gasteiger partial charge in [-0.05, 0) is 18.1 Å². The van der Waals surface area contributed by atoms with Gasteiger partial charge in [-0.1, -0.05) is 43.1 Å². The van der Waals surface area contributed by atoms with Crippen molar-refractivity contribution in [1.29, 1.82) is 0 Å². The second-order valence-electron chi connectivity index (χ2n) is 5.37. The lowest BCUT2D eigenvalue weighted by Crippen LogP contribution is -2.64. The summed E-state index contributed by atoms with van der Waals surface area (Å²) in [7, 11) is 0. The fourth-order valence-electron chi connectivity index (χ4n) is 2.15. The topological polar surface area (TPSA) is 32.7 Å². The molecule has 0 bridgehead atoms. The second-order valence-corrected chi connectivity index (χ2v) is 6.18. The van der Waals surface area contributed by atoms with E-state index in [1.165, 1.54) is 0 Å². The summed E-state index contributed by atoms with van der Waals surface area (Å²) < 4.78 is 5.62. The zero-order valence-electron chi connectivity index (χ0n) is 11.2. The minimum atomic E-state index is -0.540. The highest BCUT2D eigenvalue weighted by atomic mass is 35.5. The summed E-state index contributed by atoms with van der Waals surface area (Å²) in [6, 6.07) is 5.30. The minimum absolute atomic E-state index is 0.280. The fourth-order valence-corrected chi connectivity index (χ4v) is 2.66. The predicted octanol–water partition coefficient (Wildman–Crippen LogP) is 3.07. The van der Waals surface area contributed by atoms with Gasteiger partial charge in [0, 0.05) is 19.6 Å². The molecule has 2 rings (SSSR count). The Kier molecular flexibility index (Phi) is 4.62. The van der Waals surface area contributed by atoms with Gasteiger partial charge >= 0.3 is 0 Å². The minimum Gasteiger partial charge on any atom is -0.489 e. The maximum atomic E-state index is 10.1. The van der Waals surface area contributed by atoms with Crippen molar-refractivity contribution in [1.82, 2.24) is 4.90 Å². The molecular formula is C14H19Cl2NO2. The molecule has 1 aliphatic rings. The first-order valence-corrected chi connectivity index (χ1v) is 7.19. The van der Waals surface area contributed by atoms with Crippen LogP contribution >= 0.6 is 23.2 Å². The van der Waals surface area contributed by atoms with Crippen LogP contribution in [0, 0.1) is 5.92 Å². The van der Waals surface area contributed by atoms with Crippen molar-refractivity contribution < 1.29 is 9.84 Å². The number of hydrogen-bond donors (Lipinski definition) is 1. The van der Waals surface area contributed by atoms with Crippen LogP contribution < -0.4 is 4.74 Å². The molecule has 0 aromatic heterocycles. The van der Waals surface area contributed by atoms with Crippen molar-refractivity contribution >= 4 is 23.2 Å². The summed E-state index contributed by atoms with van der Waals surface area (Å²) in [5, 5.41) is 11.2. The molecule has 0 spiro atoms. The first-order valence-electron chi connectivity index (χ1n) is 6.44. The third-order valence-electron chi connectivity index (χ3n) is 3.64. The molecule has 0 unspecified atom stereocenters. The number of aliphatic hydroxyl groups is 1. The van der Waals surface area contributed by atoms with Gasteiger partial charge < -0.3 is 9.84 Å². The van der Waals surface area contributed by atoms with E-state index in [-0.39, 0.29) is 5.92 Å². The van der Waals surface area contributed by atoms with E-state index in [0.29, 0.717) is 35.5 Å². The molecular weight excluding hydrogens is 285 g/mol. The number of benzene rings is 1. The Balaban J connectivity index is 1.77. The van der Waals surface area contributed by atoms with Gasteiger partial charge in [0.05, 0.1) is 15.6 Å². The van der Waals surface area contributed by atoms with E-state index in [1.54, 1.807) is 18.2 Å². The standard InChI is InChI=1S/C14H19Cl2NO2/c1-10(2)14(18)8-17(9-14)6-7-19-13-11(15)4-3-5-12(13)16/h3-5,10,18H,6-9H2,1-2H3. The zero-order chi connectivity index (χ0) is 14.0. The molecule has 1 heterocycles. The van der Waals surface area contributed by atoms with Gasteiger partial charge in [0.1, 0.15) is 6.61 Å². The van der Waals surface area contributed by atoms with Crippen molar-refractivity contribution in [3.63, 3.8) is 0 Å². The first-order chi connectivity index (χ1) is 8.92. The van der Waals surface area contributed by atoms with Crippen LogP contribution in [0.15, 0.2) is 18.2 Å².